The first-order chi connectivity index (χ1) is 13.4. The van der Waals surface area contributed by atoms with Gasteiger partial charge in [0.05, 0.1) is 0 Å². The molecule has 1 aliphatic rings. The van der Waals surface area contributed by atoms with Gasteiger partial charge < -0.3 is 5.32 Å². The molecule has 29 heavy (non-hydrogen) atoms. The Balaban J connectivity index is 2.07. The minimum absolute atomic E-state index is 0.240. The van der Waals surface area contributed by atoms with Crippen molar-refractivity contribution in [1.82, 2.24) is 14.9 Å². The standard InChI is InChI=1S/C21H34FN3O3S/c1-15(2)19(24-29(27,28)18-11-7-6-10-17(18)22)20(26)23-14-21(4,5)25-12-8-9-16(3)13-25/h6-7,10-11,15-16,19,24H,8-9,12-14H2,1-5H3,(H,23,26)/t16?,19-/m0/s1. The third-order valence-corrected chi connectivity index (χ3v) is 7.04. The molecule has 0 bridgehead atoms. The summed E-state index contributed by atoms with van der Waals surface area (Å²) in [5.41, 5.74) is -0.240. The molecule has 0 aliphatic carbocycles. The first kappa shape index (κ1) is 23.8. The normalized spacial score (nSPS) is 19.9. The second-order valence-electron chi connectivity index (χ2n) is 9.00. The molecule has 8 heteroatoms. The van der Waals surface area contributed by atoms with Crippen LogP contribution in [0, 0.1) is 17.7 Å². The molecule has 0 spiro atoms. The van der Waals surface area contributed by atoms with Gasteiger partial charge in [-0.1, -0.05) is 32.9 Å². The highest BCUT2D eigenvalue weighted by molar-refractivity contribution is 7.89. The molecule has 2 N–H and O–H groups in total. The highest BCUT2D eigenvalue weighted by Crippen LogP contribution is 2.23. The number of hydrogen-bond acceptors (Lipinski definition) is 4. The van der Waals surface area contributed by atoms with E-state index in [1.807, 2.05) is 0 Å². The van der Waals surface area contributed by atoms with Gasteiger partial charge in [-0.05, 0) is 57.2 Å². The highest BCUT2D eigenvalue weighted by atomic mass is 32.2. The Kier molecular flexibility index (Phi) is 7.81. The Morgan fingerprint density at radius 2 is 1.97 bits per heavy atom. The van der Waals surface area contributed by atoms with Crippen molar-refractivity contribution in [3.8, 4) is 0 Å². The third kappa shape index (κ3) is 6.23. The number of rotatable bonds is 8. The van der Waals surface area contributed by atoms with Crippen LogP contribution in [0.1, 0.15) is 47.5 Å². The first-order valence-corrected chi connectivity index (χ1v) is 11.7. The fraction of sp³-hybridized carbons (Fsp3) is 0.667. The van der Waals surface area contributed by atoms with Crippen molar-refractivity contribution in [2.24, 2.45) is 11.8 Å². The molecule has 1 heterocycles. The third-order valence-electron chi connectivity index (χ3n) is 5.57. The Labute approximate surface area is 174 Å². The smallest absolute Gasteiger partial charge is 0.244 e. The molecule has 2 rings (SSSR count). The minimum Gasteiger partial charge on any atom is -0.353 e. The summed E-state index contributed by atoms with van der Waals surface area (Å²) in [6, 6.07) is 4.15. The van der Waals surface area contributed by atoms with Crippen LogP contribution in [0.5, 0.6) is 0 Å². The number of likely N-dealkylation sites (tertiary alicyclic amines) is 1. The first-order valence-electron chi connectivity index (χ1n) is 10.2. The summed E-state index contributed by atoms with van der Waals surface area (Å²) in [5, 5.41) is 2.90. The molecule has 164 valence electrons. The molecule has 1 aromatic rings. The molecule has 0 saturated carbocycles. The van der Waals surface area contributed by atoms with Gasteiger partial charge >= 0.3 is 0 Å². The SMILES string of the molecule is CC1CCCN(C(C)(C)CNC(=O)[C@@H](NS(=O)(=O)c2ccccc2F)C(C)C)C1. The van der Waals surface area contributed by atoms with Crippen LogP contribution in [0.3, 0.4) is 0 Å². The second kappa shape index (κ2) is 9.53. The van der Waals surface area contributed by atoms with Gasteiger partial charge in [-0.25, -0.2) is 12.8 Å². The lowest BCUT2D eigenvalue weighted by atomic mass is 9.93. The van der Waals surface area contributed by atoms with Crippen molar-refractivity contribution < 1.29 is 17.6 Å². The van der Waals surface area contributed by atoms with Crippen LogP contribution in [0.25, 0.3) is 0 Å². The van der Waals surface area contributed by atoms with Crippen molar-refractivity contribution in [3.63, 3.8) is 0 Å². The van der Waals surface area contributed by atoms with Crippen molar-refractivity contribution in [3.05, 3.63) is 30.1 Å². The second-order valence-corrected chi connectivity index (χ2v) is 10.7. The Hall–Kier alpha value is -1.51. The topological polar surface area (TPSA) is 78.5 Å². The van der Waals surface area contributed by atoms with E-state index >= 15 is 0 Å². The molecular weight excluding hydrogens is 393 g/mol. The summed E-state index contributed by atoms with van der Waals surface area (Å²) >= 11 is 0. The fourth-order valence-corrected chi connectivity index (χ4v) is 5.07. The van der Waals surface area contributed by atoms with Crippen LogP contribution in [-0.2, 0) is 14.8 Å². The number of nitrogens with one attached hydrogen (secondary N) is 2. The van der Waals surface area contributed by atoms with Crippen molar-refractivity contribution in [1.29, 1.82) is 0 Å². The number of amides is 1. The molecule has 6 nitrogen and oxygen atoms in total. The molecule has 2 atom stereocenters. The number of nitrogens with zero attached hydrogens (tertiary/aromatic N) is 1. The van der Waals surface area contributed by atoms with E-state index in [0.717, 1.165) is 25.6 Å². The van der Waals surface area contributed by atoms with Crippen LogP contribution in [0.2, 0.25) is 0 Å². The zero-order valence-electron chi connectivity index (χ0n) is 18.0. The van der Waals surface area contributed by atoms with E-state index in [-0.39, 0.29) is 11.5 Å². The number of piperidine rings is 1. The van der Waals surface area contributed by atoms with Gasteiger partial charge in [0.1, 0.15) is 16.8 Å². The maximum absolute atomic E-state index is 14.0. The van der Waals surface area contributed by atoms with Gasteiger partial charge in [0.15, 0.2) is 0 Å². The molecule has 0 radical (unpaired) electrons. The number of carbonyl (C=O) groups excluding carboxylic acids is 1. The summed E-state index contributed by atoms with van der Waals surface area (Å²) in [4.78, 5) is 14.7. The predicted octanol–water partition coefficient (Wildman–Crippen LogP) is 2.76. The van der Waals surface area contributed by atoms with Gasteiger partial charge in [0.2, 0.25) is 15.9 Å². The molecule has 1 unspecified atom stereocenters. The fourth-order valence-electron chi connectivity index (χ4n) is 3.65. The summed E-state index contributed by atoms with van der Waals surface area (Å²) < 4.78 is 41.6. The largest absolute Gasteiger partial charge is 0.353 e. The Bertz CT molecular complexity index is 811. The van der Waals surface area contributed by atoms with E-state index in [1.165, 1.54) is 24.6 Å². The van der Waals surface area contributed by atoms with Gasteiger partial charge in [-0.2, -0.15) is 4.72 Å². The maximum atomic E-state index is 14.0. The van der Waals surface area contributed by atoms with Gasteiger partial charge in [0, 0.05) is 18.6 Å². The zero-order chi connectivity index (χ0) is 21.8. The van der Waals surface area contributed by atoms with Gasteiger partial charge in [0.25, 0.3) is 0 Å². The molecule has 1 fully saturated rings. The van der Waals surface area contributed by atoms with Crippen LogP contribution in [0.4, 0.5) is 4.39 Å². The quantitative estimate of drug-likeness (QED) is 0.669. The number of halogens is 1. The minimum atomic E-state index is -4.16. The number of benzene rings is 1. The van der Waals surface area contributed by atoms with E-state index in [2.05, 4.69) is 35.7 Å². The van der Waals surface area contributed by atoms with E-state index in [0.29, 0.717) is 12.5 Å². The Morgan fingerprint density at radius 1 is 1.31 bits per heavy atom. The van der Waals surface area contributed by atoms with Gasteiger partial charge in [-0.15, -0.1) is 0 Å². The summed E-state index contributed by atoms with van der Waals surface area (Å²) in [5.74, 6) is -0.925. The van der Waals surface area contributed by atoms with Gasteiger partial charge in [-0.3, -0.25) is 9.69 Å². The average molecular weight is 428 g/mol. The van der Waals surface area contributed by atoms with Crippen LogP contribution >= 0.6 is 0 Å². The molecule has 1 amide bonds. The van der Waals surface area contributed by atoms with Crippen molar-refractivity contribution >= 4 is 15.9 Å². The van der Waals surface area contributed by atoms with E-state index in [1.54, 1.807) is 13.8 Å². The lowest BCUT2D eigenvalue weighted by Gasteiger charge is -2.43. The summed E-state index contributed by atoms with van der Waals surface area (Å²) in [6.45, 7) is 12.3. The van der Waals surface area contributed by atoms with Crippen LogP contribution in [-0.4, -0.2) is 50.4 Å². The lowest BCUT2D eigenvalue weighted by Crippen LogP contribution is -2.57. The number of sulfonamides is 1. The molecule has 1 aliphatic heterocycles. The van der Waals surface area contributed by atoms with Crippen LogP contribution < -0.4 is 10.0 Å². The van der Waals surface area contributed by atoms with E-state index in [4.69, 9.17) is 0 Å². The molecule has 1 aromatic carbocycles. The monoisotopic (exact) mass is 427 g/mol. The highest BCUT2D eigenvalue weighted by Gasteiger charge is 2.33. The number of carbonyl (C=O) groups is 1. The van der Waals surface area contributed by atoms with E-state index in [9.17, 15) is 17.6 Å². The predicted molar refractivity (Wildman–Crippen MR) is 112 cm³/mol. The summed E-state index contributed by atoms with van der Waals surface area (Å²) in [7, 11) is -4.16. The molecule has 1 saturated heterocycles. The Morgan fingerprint density at radius 3 is 2.55 bits per heavy atom. The lowest BCUT2D eigenvalue weighted by molar-refractivity contribution is -0.124. The zero-order valence-corrected chi connectivity index (χ0v) is 18.9. The molecular formula is C21H34FN3O3S. The maximum Gasteiger partial charge on any atom is 0.244 e. The van der Waals surface area contributed by atoms with Crippen LogP contribution in [0.15, 0.2) is 29.2 Å². The average Bonchev–Trinajstić information content (AvgIpc) is 2.64. The van der Waals surface area contributed by atoms with Crippen molar-refractivity contribution in [2.75, 3.05) is 19.6 Å². The molecule has 0 aromatic heterocycles. The summed E-state index contributed by atoms with van der Waals surface area (Å²) in [6.07, 6.45) is 2.35. The van der Waals surface area contributed by atoms with Crippen molar-refractivity contribution in [2.45, 2.75) is 63.9 Å². The van der Waals surface area contributed by atoms with E-state index < -0.39 is 32.7 Å². The number of hydrogen-bond donors (Lipinski definition) is 2.